The van der Waals surface area contributed by atoms with Crippen LogP contribution in [-0.2, 0) is 17.9 Å². The molecule has 3 aromatic rings. The molecule has 0 saturated heterocycles. The summed E-state index contributed by atoms with van der Waals surface area (Å²) in [6.07, 6.45) is 18.4. The number of aromatic nitrogens is 1. The van der Waals surface area contributed by atoms with E-state index in [0.29, 0.717) is 30.3 Å². The number of unbranched alkanes of at least 4 members (excludes halogenated alkanes) is 11. The maximum absolute atomic E-state index is 12.9. The van der Waals surface area contributed by atoms with E-state index in [1.54, 1.807) is 11.3 Å². The summed E-state index contributed by atoms with van der Waals surface area (Å²) < 4.78 is 8.23. The van der Waals surface area contributed by atoms with Gasteiger partial charge in [-0.05, 0) is 36.2 Å². The number of ether oxygens (including phenoxy) is 1. The van der Waals surface area contributed by atoms with E-state index in [-0.39, 0.29) is 22.9 Å². The number of halogens is 2. The zero-order valence-electron chi connectivity index (χ0n) is 25.0. The topological polar surface area (TPSA) is 33.4 Å². The van der Waals surface area contributed by atoms with Gasteiger partial charge in [0, 0.05) is 17.7 Å². The molecule has 0 fully saturated rings. The van der Waals surface area contributed by atoms with Crippen molar-refractivity contribution in [2.75, 3.05) is 11.5 Å². The van der Waals surface area contributed by atoms with Gasteiger partial charge in [-0.1, -0.05) is 126 Å². The van der Waals surface area contributed by atoms with Crippen LogP contribution in [0, 0.1) is 0 Å². The fourth-order valence-corrected chi connectivity index (χ4v) is 5.69. The summed E-state index contributed by atoms with van der Waals surface area (Å²) in [6, 6.07) is 14.1. The number of amides is 1. The Balaban J connectivity index is 0.00000588. The molecule has 0 atom stereocenters. The number of hydrogen-bond donors (Lipinski definition) is 0. The van der Waals surface area contributed by atoms with Gasteiger partial charge in [0.15, 0.2) is 12.7 Å². The van der Waals surface area contributed by atoms with Gasteiger partial charge in [-0.3, -0.25) is 4.79 Å². The van der Waals surface area contributed by atoms with Crippen LogP contribution in [0.2, 0.25) is 5.02 Å². The summed E-state index contributed by atoms with van der Waals surface area (Å²) in [5.41, 5.74) is 5.21. The van der Waals surface area contributed by atoms with Crippen LogP contribution in [0.15, 0.2) is 59.6 Å². The molecule has 4 nitrogen and oxygen atoms in total. The van der Waals surface area contributed by atoms with Crippen molar-refractivity contribution < 1.29 is 31.1 Å². The van der Waals surface area contributed by atoms with Gasteiger partial charge >= 0.3 is 0 Å². The first-order valence-corrected chi connectivity index (χ1v) is 16.6. The zero-order chi connectivity index (χ0) is 28.4. The fourth-order valence-electron chi connectivity index (χ4n) is 4.92. The fraction of sp³-hybridized carbons (Fsp3) is 0.529. The van der Waals surface area contributed by atoms with Gasteiger partial charge in [0.25, 0.3) is 0 Å². The van der Waals surface area contributed by atoms with Crippen molar-refractivity contribution in [3.8, 4) is 5.75 Å². The highest BCUT2D eigenvalue weighted by Crippen LogP contribution is 2.28. The Labute approximate surface area is 267 Å². The Morgan fingerprint density at radius 3 is 2.05 bits per heavy atom. The van der Waals surface area contributed by atoms with Crippen LogP contribution in [0.25, 0.3) is 0 Å². The number of benzene rings is 2. The third-order valence-corrected chi connectivity index (χ3v) is 8.32. The zero-order valence-corrected chi connectivity index (χ0v) is 28.1. The minimum Gasteiger partial charge on any atom is -1.00 e. The number of anilines is 1. The average molecular weight is 664 g/mol. The van der Waals surface area contributed by atoms with Crippen LogP contribution >= 0.6 is 22.9 Å². The summed E-state index contributed by atoms with van der Waals surface area (Å²) in [5.74, 6) is 0.795. The van der Waals surface area contributed by atoms with Crippen molar-refractivity contribution in [2.24, 2.45) is 0 Å². The molecule has 0 aliphatic heterocycles. The van der Waals surface area contributed by atoms with Gasteiger partial charge in [-0.25, -0.2) is 0 Å². The highest BCUT2D eigenvalue weighted by molar-refractivity contribution is 7.07. The Morgan fingerprint density at radius 2 is 1.46 bits per heavy atom. The molecule has 1 heterocycles. The van der Waals surface area contributed by atoms with Gasteiger partial charge in [-0.15, -0.1) is 0 Å². The van der Waals surface area contributed by atoms with E-state index in [4.69, 9.17) is 16.3 Å². The summed E-state index contributed by atoms with van der Waals surface area (Å²) in [4.78, 5) is 14.7. The molecule has 226 valence electrons. The van der Waals surface area contributed by atoms with Crippen molar-refractivity contribution in [3.63, 3.8) is 0 Å². The molecule has 7 heteroatoms. The summed E-state index contributed by atoms with van der Waals surface area (Å²) in [6.45, 7) is 6.15. The van der Waals surface area contributed by atoms with Gasteiger partial charge in [-0.2, -0.15) is 4.57 Å². The third kappa shape index (κ3) is 13.3. The minimum absolute atomic E-state index is 0. The smallest absolute Gasteiger partial charge is 0.227 e. The van der Waals surface area contributed by atoms with Crippen LogP contribution in [0.1, 0.15) is 108 Å². The van der Waals surface area contributed by atoms with Crippen molar-refractivity contribution >= 4 is 34.5 Å². The number of nitrogens with zero attached hydrogens (tertiary/aromatic N) is 2. The molecule has 0 aliphatic rings. The van der Waals surface area contributed by atoms with Crippen molar-refractivity contribution in [1.82, 2.24) is 0 Å². The second kappa shape index (κ2) is 20.9. The standard InChI is InChI=1S/C34H48ClN2O2S.BrH/c1-3-5-6-7-8-9-10-11-12-13-14-15-23-39-33-25-30(18-21-32(33)35)27-37(34(38)4-2)31-19-16-29(17-20-31)26-36-22-24-40-28-36;/h16-22,24-25,28H,3-15,23,26-27H2,1-2H3;1H/q+1;/p-1. The number of thiazole rings is 1. The Hall–Kier alpha value is -1.89. The van der Waals surface area contributed by atoms with E-state index in [9.17, 15) is 4.79 Å². The van der Waals surface area contributed by atoms with Gasteiger partial charge in [0.05, 0.1) is 23.6 Å². The number of rotatable bonds is 20. The van der Waals surface area contributed by atoms with E-state index >= 15 is 0 Å². The SMILES string of the molecule is CCCCCCCCCCCCCCOc1cc(CN(C(=O)CC)c2ccc(C[n+]3ccsc3)cc2)ccc1Cl.[Br-]. The first-order chi connectivity index (χ1) is 19.6. The first-order valence-electron chi connectivity index (χ1n) is 15.3. The summed E-state index contributed by atoms with van der Waals surface area (Å²) in [7, 11) is 0. The normalized spacial score (nSPS) is 10.8. The number of carbonyl (C=O) groups excluding carboxylic acids is 1. The molecule has 2 aromatic carbocycles. The Kier molecular flexibility index (Phi) is 18.0. The predicted octanol–water partition coefficient (Wildman–Crippen LogP) is 6.76. The van der Waals surface area contributed by atoms with Crippen LogP contribution in [0.4, 0.5) is 5.69 Å². The maximum Gasteiger partial charge on any atom is 0.227 e. The van der Waals surface area contributed by atoms with Gasteiger partial charge in [0.1, 0.15) is 5.75 Å². The minimum atomic E-state index is 0. The van der Waals surface area contributed by atoms with Gasteiger partial charge in [0.2, 0.25) is 11.4 Å². The van der Waals surface area contributed by atoms with Crippen LogP contribution in [0.3, 0.4) is 0 Å². The molecule has 0 aliphatic carbocycles. The predicted molar refractivity (Wildman–Crippen MR) is 170 cm³/mol. The highest BCUT2D eigenvalue weighted by atomic mass is 79.9. The Bertz CT molecular complexity index is 1110. The van der Waals surface area contributed by atoms with E-state index in [0.717, 1.165) is 24.2 Å². The van der Waals surface area contributed by atoms with Crippen LogP contribution in [0.5, 0.6) is 5.75 Å². The van der Waals surface area contributed by atoms with E-state index in [1.807, 2.05) is 42.2 Å². The number of hydrogen-bond acceptors (Lipinski definition) is 3. The van der Waals surface area contributed by atoms with Crippen molar-refractivity contribution in [3.05, 3.63) is 75.7 Å². The molecule has 0 saturated carbocycles. The molecule has 0 bridgehead atoms. The lowest BCUT2D eigenvalue weighted by molar-refractivity contribution is -0.683. The largest absolute Gasteiger partial charge is 1.00 e. The lowest BCUT2D eigenvalue weighted by Crippen LogP contribution is -3.00. The third-order valence-electron chi connectivity index (χ3n) is 7.34. The number of carbonyl (C=O) groups is 1. The molecule has 1 aromatic heterocycles. The van der Waals surface area contributed by atoms with Gasteiger partial charge < -0.3 is 26.6 Å². The van der Waals surface area contributed by atoms with E-state index in [1.165, 1.54) is 76.2 Å². The first kappa shape index (κ1) is 35.3. The second-order valence-electron chi connectivity index (χ2n) is 10.7. The molecule has 0 spiro atoms. The monoisotopic (exact) mass is 662 g/mol. The molecule has 3 rings (SSSR count). The molecule has 0 unspecified atom stereocenters. The van der Waals surface area contributed by atoms with Crippen molar-refractivity contribution in [2.45, 2.75) is 110 Å². The Morgan fingerprint density at radius 1 is 0.854 bits per heavy atom. The van der Waals surface area contributed by atoms with Crippen molar-refractivity contribution in [1.29, 1.82) is 0 Å². The van der Waals surface area contributed by atoms with Crippen LogP contribution in [-0.4, -0.2) is 12.5 Å². The molecular formula is C34H48BrClN2O2S. The molecule has 0 radical (unpaired) electrons. The van der Waals surface area contributed by atoms with E-state index < -0.39 is 0 Å². The summed E-state index contributed by atoms with van der Waals surface area (Å²) in [5, 5.41) is 2.69. The molecule has 1 amide bonds. The highest BCUT2D eigenvalue weighted by Gasteiger charge is 2.16. The van der Waals surface area contributed by atoms with Crippen LogP contribution < -0.4 is 31.2 Å². The maximum atomic E-state index is 12.9. The lowest BCUT2D eigenvalue weighted by atomic mass is 10.1. The average Bonchev–Trinajstić information content (AvgIpc) is 3.49. The molecule has 0 N–H and O–H groups in total. The quantitative estimate of drug-likeness (QED) is 0.0989. The molecule has 41 heavy (non-hydrogen) atoms. The lowest BCUT2D eigenvalue weighted by Gasteiger charge is -2.23. The molecular weight excluding hydrogens is 616 g/mol. The van der Waals surface area contributed by atoms with E-state index in [2.05, 4.69) is 40.7 Å². The second-order valence-corrected chi connectivity index (χ2v) is 11.9. The summed E-state index contributed by atoms with van der Waals surface area (Å²) >= 11 is 8.14.